The van der Waals surface area contributed by atoms with Crippen LogP contribution < -0.4 is 5.46 Å². The van der Waals surface area contributed by atoms with Crippen LogP contribution in [0.15, 0.2) is 18.2 Å². The molecule has 0 atom stereocenters. The molecule has 3 nitrogen and oxygen atoms in total. The zero-order valence-corrected chi connectivity index (χ0v) is 9.60. The fourth-order valence-electron chi connectivity index (χ4n) is 1.73. The van der Waals surface area contributed by atoms with Crippen LogP contribution in [-0.4, -0.2) is 23.8 Å². The summed E-state index contributed by atoms with van der Waals surface area (Å²) in [7, 11) is -1.78. The van der Waals surface area contributed by atoms with Gasteiger partial charge in [-0.05, 0) is 24.0 Å². The number of rotatable bonds is 6. The van der Waals surface area contributed by atoms with Crippen LogP contribution in [0, 0.1) is 11.7 Å². The molecule has 2 N–H and O–H groups in total. The predicted molar refractivity (Wildman–Crippen MR) is 63.2 cm³/mol. The highest BCUT2D eigenvalue weighted by molar-refractivity contribution is 6.58. The van der Waals surface area contributed by atoms with Gasteiger partial charge < -0.3 is 14.8 Å². The van der Waals surface area contributed by atoms with E-state index >= 15 is 0 Å². The zero-order valence-electron chi connectivity index (χ0n) is 9.60. The van der Waals surface area contributed by atoms with Crippen molar-refractivity contribution in [3.63, 3.8) is 0 Å². The number of benzene rings is 1. The van der Waals surface area contributed by atoms with Gasteiger partial charge in [0.05, 0.1) is 6.61 Å². The summed E-state index contributed by atoms with van der Waals surface area (Å²) < 4.78 is 18.6. The summed E-state index contributed by atoms with van der Waals surface area (Å²) in [5, 5.41) is 17.9. The SMILES string of the molecule is OB(O)c1cc(COCCC2CC2)ccc1F. The molecule has 0 amide bonds. The summed E-state index contributed by atoms with van der Waals surface area (Å²) in [6, 6.07) is 4.25. The molecule has 17 heavy (non-hydrogen) atoms. The summed E-state index contributed by atoms with van der Waals surface area (Å²) in [6.45, 7) is 1.09. The average Bonchev–Trinajstić information content (AvgIpc) is 3.10. The molecule has 1 aliphatic rings. The maximum Gasteiger partial charge on any atom is 0.491 e. The molecule has 0 spiro atoms. The molecular formula is C12H16BFO3. The lowest BCUT2D eigenvalue weighted by Crippen LogP contribution is -2.33. The maximum atomic E-state index is 13.2. The summed E-state index contributed by atoms with van der Waals surface area (Å²) in [5.74, 6) is 0.222. The molecule has 1 aromatic rings. The first-order chi connectivity index (χ1) is 8.16. The summed E-state index contributed by atoms with van der Waals surface area (Å²) in [6.07, 6.45) is 3.69. The van der Waals surface area contributed by atoms with E-state index in [1.807, 2.05) is 0 Å². The van der Waals surface area contributed by atoms with E-state index in [1.165, 1.54) is 25.0 Å². The van der Waals surface area contributed by atoms with Gasteiger partial charge >= 0.3 is 7.12 Å². The van der Waals surface area contributed by atoms with Crippen LogP contribution in [0.25, 0.3) is 0 Å². The largest absolute Gasteiger partial charge is 0.491 e. The second kappa shape index (κ2) is 5.62. The Bertz CT molecular complexity index is 380. The second-order valence-electron chi connectivity index (χ2n) is 4.51. The highest BCUT2D eigenvalue weighted by atomic mass is 19.1. The van der Waals surface area contributed by atoms with Crippen molar-refractivity contribution in [3.8, 4) is 0 Å². The minimum absolute atomic E-state index is 0.103. The molecule has 1 fully saturated rings. The lowest BCUT2D eigenvalue weighted by atomic mass is 9.79. The van der Waals surface area contributed by atoms with Gasteiger partial charge in [-0.15, -0.1) is 0 Å². The van der Waals surface area contributed by atoms with Crippen molar-refractivity contribution in [1.29, 1.82) is 0 Å². The van der Waals surface area contributed by atoms with Gasteiger partial charge in [-0.1, -0.05) is 25.0 Å². The van der Waals surface area contributed by atoms with Crippen LogP contribution in [0.3, 0.4) is 0 Å². The summed E-state index contributed by atoms with van der Waals surface area (Å²) >= 11 is 0. The lowest BCUT2D eigenvalue weighted by Gasteiger charge is -2.07. The third-order valence-electron chi connectivity index (χ3n) is 2.97. The molecular weight excluding hydrogens is 222 g/mol. The first-order valence-electron chi connectivity index (χ1n) is 5.89. The van der Waals surface area contributed by atoms with Crippen LogP contribution in [0.4, 0.5) is 4.39 Å². The van der Waals surface area contributed by atoms with E-state index in [1.54, 1.807) is 6.07 Å². The van der Waals surface area contributed by atoms with Gasteiger partial charge in [-0.3, -0.25) is 0 Å². The van der Waals surface area contributed by atoms with Crippen LogP contribution in [0.1, 0.15) is 24.8 Å². The monoisotopic (exact) mass is 238 g/mol. The second-order valence-corrected chi connectivity index (χ2v) is 4.51. The maximum absolute atomic E-state index is 13.2. The number of hydrogen-bond acceptors (Lipinski definition) is 3. The molecule has 0 radical (unpaired) electrons. The van der Waals surface area contributed by atoms with Gasteiger partial charge in [0.15, 0.2) is 0 Å². The Labute approximate surface area is 100 Å². The molecule has 0 saturated heterocycles. The first kappa shape index (κ1) is 12.5. The van der Waals surface area contributed by atoms with Crippen molar-refractivity contribution in [2.45, 2.75) is 25.9 Å². The van der Waals surface area contributed by atoms with E-state index in [9.17, 15) is 4.39 Å². The molecule has 1 aromatic carbocycles. The molecule has 1 saturated carbocycles. The molecule has 0 bridgehead atoms. The molecule has 0 aromatic heterocycles. The average molecular weight is 238 g/mol. The highest BCUT2D eigenvalue weighted by Crippen LogP contribution is 2.32. The van der Waals surface area contributed by atoms with Crippen LogP contribution >= 0.6 is 0 Å². The van der Waals surface area contributed by atoms with E-state index in [2.05, 4.69) is 0 Å². The minimum Gasteiger partial charge on any atom is -0.423 e. The first-order valence-corrected chi connectivity index (χ1v) is 5.89. The smallest absolute Gasteiger partial charge is 0.423 e. The fourth-order valence-corrected chi connectivity index (χ4v) is 1.73. The van der Waals surface area contributed by atoms with Crippen molar-refractivity contribution >= 4 is 12.6 Å². The Hall–Kier alpha value is -0.905. The standard InChI is InChI=1S/C12H16BFO3/c14-12-4-3-10(7-11(12)13(15)16)8-17-6-5-9-1-2-9/h3-4,7,9,15-16H,1-2,5-6,8H2. The van der Waals surface area contributed by atoms with Gasteiger partial charge in [0.1, 0.15) is 5.82 Å². The molecule has 92 valence electrons. The van der Waals surface area contributed by atoms with Gasteiger partial charge in [-0.2, -0.15) is 0 Å². The van der Waals surface area contributed by atoms with Crippen molar-refractivity contribution in [3.05, 3.63) is 29.6 Å². The van der Waals surface area contributed by atoms with Crippen molar-refractivity contribution in [1.82, 2.24) is 0 Å². The van der Waals surface area contributed by atoms with Gasteiger partial charge in [-0.25, -0.2) is 4.39 Å². The number of hydrogen-bond donors (Lipinski definition) is 2. The third kappa shape index (κ3) is 3.80. The van der Waals surface area contributed by atoms with E-state index < -0.39 is 12.9 Å². The third-order valence-corrected chi connectivity index (χ3v) is 2.97. The van der Waals surface area contributed by atoms with Crippen LogP contribution in [-0.2, 0) is 11.3 Å². The predicted octanol–water partition coefficient (Wildman–Crippen LogP) is 0.822. The molecule has 2 rings (SSSR count). The minimum atomic E-state index is -1.78. The summed E-state index contributed by atoms with van der Waals surface area (Å²) in [5.41, 5.74) is 0.651. The Morgan fingerprint density at radius 2 is 2.12 bits per heavy atom. The Morgan fingerprint density at radius 3 is 2.76 bits per heavy atom. The number of ether oxygens (including phenoxy) is 1. The van der Waals surface area contributed by atoms with E-state index in [-0.39, 0.29) is 5.46 Å². The quantitative estimate of drug-likeness (QED) is 0.569. The molecule has 5 heteroatoms. The normalized spacial score (nSPS) is 15.0. The van der Waals surface area contributed by atoms with Crippen molar-refractivity contribution in [2.24, 2.45) is 5.92 Å². The topological polar surface area (TPSA) is 49.7 Å². The van der Waals surface area contributed by atoms with Gasteiger partial charge in [0.25, 0.3) is 0 Å². The summed E-state index contributed by atoms with van der Waals surface area (Å²) in [4.78, 5) is 0. The van der Waals surface area contributed by atoms with E-state index in [0.29, 0.717) is 13.2 Å². The Kier molecular flexibility index (Phi) is 4.15. The van der Waals surface area contributed by atoms with Gasteiger partial charge in [0, 0.05) is 12.1 Å². The highest BCUT2D eigenvalue weighted by Gasteiger charge is 2.20. The Morgan fingerprint density at radius 1 is 1.35 bits per heavy atom. The van der Waals surface area contributed by atoms with Crippen molar-refractivity contribution in [2.75, 3.05) is 6.61 Å². The molecule has 0 aliphatic heterocycles. The molecule has 1 aliphatic carbocycles. The van der Waals surface area contributed by atoms with Crippen molar-refractivity contribution < 1.29 is 19.2 Å². The lowest BCUT2D eigenvalue weighted by molar-refractivity contribution is 0.115. The molecule has 0 heterocycles. The van der Waals surface area contributed by atoms with Crippen LogP contribution in [0.5, 0.6) is 0 Å². The zero-order chi connectivity index (χ0) is 12.3. The fraction of sp³-hybridized carbons (Fsp3) is 0.500. The van der Waals surface area contributed by atoms with Crippen LogP contribution in [0.2, 0.25) is 0 Å². The van der Waals surface area contributed by atoms with E-state index in [0.717, 1.165) is 17.9 Å². The number of halogens is 1. The van der Waals surface area contributed by atoms with Gasteiger partial charge in [0.2, 0.25) is 0 Å². The molecule has 0 unspecified atom stereocenters. The van der Waals surface area contributed by atoms with E-state index in [4.69, 9.17) is 14.8 Å². The Balaban J connectivity index is 1.84.